The quantitative estimate of drug-likeness (QED) is 0.636. The van der Waals surface area contributed by atoms with Crippen LogP contribution in [0.4, 0.5) is 0 Å². The van der Waals surface area contributed by atoms with Gasteiger partial charge in [0.2, 0.25) is 14.9 Å². The first-order chi connectivity index (χ1) is 12.8. The van der Waals surface area contributed by atoms with Gasteiger partial charge in [-0.1, -0.05) is 42.8 Å². The van der Waals surface area contributed by atoms with E-state index in [2.05, 4.69) is 24.2 Å². The van der Waals surface area contributed by atoms with Crippen molar-refractivity contribution in [2.75, 3.05) is 7.11 Å². The summed E-state index contributed by atoms with van der Waals surface area (Å²) in [6.45, 7) is 5.75. The Morgan fingerprint density at radius 1 is 1.11 bits per heavy atom. The van der Waals surface area contributed by atoms with Crippen molar-refractivity contribution in [3.63, 3.8) is 0 Å². The van der Waals surface area contributed by atoms with Crippen LogP contribution in [0.25, 0.3) is 5.69 Å². The highest BCUT2D eigenvalue weighted by atomic mass is 35.5. The highest BCUT2D eigenvalue weighted by Crippen LogP contribution is 2.30. The molecule has 6 nitrogen and oxygen atoms in total. The Balaban J connectivity index is 2.08. The number of hydrogen-bond donors (Lipinski definition) is 0. The maximum absolute atomic E-state index is 13.0. The van der Waals surface area contributed by atoms with Gasteiger partial charge in [0, 0.05) is 5.02 Å². The SMILES string of the molecule is COc1ccc(Cl)cc1-n1nnc(S(=O)(=O)c2ccc(C(C)C)cc2)c1C. The van der Waals surface area contributed by atoms with Crippen LogP contribution in [0.1, 0.15) is 31.0 Å². The third kappa shape index (κ3) is 3.57. The zero-order valence-corrected chi connectivity index (χ0v) is 17.0. The lowest BCUT2D eigenvalue weighted by Gasteiger charge is -2.10. The molecule has 0 saturated carbocycles. The second kappa shape index (κ2) is 7.32. The van der Waals surface area contributed by atoms with E-state index in [1.807, 2.05) is 12.1 Å². The first-order valence-electron chi connectivity index (χ1n) is 8.37. The number of nitrogens with zero attached hydrogens (tertiary/aromatic N) is 3. The van der Waals surface area contributed by atoms with E-state index in [0.717, 1.165) is 5.56 Å². The van der Waals surface area contributed by atoms with Crippen molar-refractivity contribution in [3.05, 3.63) is 58.7 Å². The topological polar surface area (TPSA) is 74.1 Å². The van der Waals surface area contributed by atoms with E-state index in [1.165, 1.54) is 11.8 Å². The first-order valence-corrected chi connectivity index (χ1v) is 10.2. The van der Waals surface area contributed by atoms with Crippen molar-refractivity contribution in [2.45, 2.75) is 36.6 Å². The van der Waals surface area contributed by atoms with E-state index in [-0.39, 0.29) is 9.92 Å². The second-order valence-electron chi connectivity index (χ2n) is 6.44. The number of halogens is 1. The largest absolute Gasteiger partial charge is 0.494 e. The smallest absolute Gasteiger partial charge is 0.227 e. The third-order valence-electron chi connectivity index (χ3n) is 4.33. The molecular formula is C19H20ClN3O3S. The van der Waals surface area contributed by atoms with Gasteiger partial charge in [0.05, 0.1) is 17.7 Å². The number of rotatable bonds is 5. The van der Waals surface area contributed by atoms with Gasteiger partial charge in [-0.2, -0.15) is 0 Å². The minimum absolute atomic E-state index is 0.0955. The Morgan fingerprint density at radius 3 is 2.37 bits per heavy atom. The molecule has 1 aromatic heterocycles. The molecule has 0 amide bonds. The summed E-state index contributed by atoms with van der Waals surface area (Å²) in [6, 6.07) is 11.9. The number of sulfone groups is 1. The number of methoxy groups -OCH3 is 1. The Morgan fingerprint density at radius 2 is 1.78 bits per heavy atom. The summed E-state index contributed by atoms with van der Waals surface area (Å²) < 4.78 is 32.8. The molecule has 0 aliphatic carbocycles. The molecule has 0 atom stereocenters. The van der Waals surface area contributed by atoms with Gasteiger partial charge in [-0.05, 0) is 48.7 Å². The predicted molar refractivity (Wildman–Crippen MR) is 104 cm³/mol. The van der Waals surface area contributed by atoms with Crippen LogP contribution in [0.3, 0.4) is 0 Å². The lowest BCUT2D eigenvalue weighted by Crippen LogP contribution is -2.06. The average molecular weight is 406 g/mol. The first kappa shape index (κ1) is 19.4. The van der Waals surface area contributed by atoms with Gasteiger partial charge < -0.3 is 4.74 Å². The van der Waals surface area contributed by atoms with E-state index in [9.17, 15) is 8.42 Å². The summed E-state index contributed by atoms with van der Waals surface area (Å²) in [4.78, 5) is 0.181. The molecule has 0 spiro atoms. The summed E-state index contributed by atoms with van der Waals surface area (Å²) in [7, 11) is -2.28. The molecule has 27 heavy (non-hydrogen) atoms. The fraction of sp³-hybridized carbons (Fsp3) is 0.263. The minimum Gasteiger partial charge on any atom is -0.494 e. The molecule has 0 saturated heterocycles. The van der Waals surface area contributed by atoms with Gasteiger partial charge in [-0.15, -0.1) is 5.10 Å². The summed E-state index contributed by atoms with van der Waals surface area (Å²) in [5, 5.41) is 8.34. The molecule has 142 valence electrons. The monoisotopic (exact) mass is 405 g/mol. The lowest BCUT2D eigenvalue weighted by molar-refractivity contribution is 0.411. The van der Waals surface area contributed by atoms with Crippen LogP contribution >= 0.6 is 11.6 Å². The van der Waals surface area contributed by atoms with Crippen molar-refractivity contribution in [3.8, 4) is 11.4 Å². The average Bonchev–Trinajstić information content (AvgIpc) is 3.03. The van der Waals surface area contributed by atoms with E-state index in [4.69, 9.17) is 16.3 Å². The maximum Gasteiger partial charge on any atom is 0.227 e. The van der Waals surface area contributed by atoms with Crippen molar-refractivity contribution >= 4 is 21.4 Å². The molecule has 2 aromatic carbocycles. The predicted octanol–water partition coefficient (Wildman–Crippen LogP) is 4.19. The number of hydrogen-bond acceptors (Lipinski definition) is 5. The maximum atomic E-state index is 13.0. The zero-order valence-electron chi connectivity index (χ0n) is 15.5. The highest BCUT2D eigenvalue weighted by Gasteiger charge is 2.26. The van der Waals surface area contributed by atoms with Gasteiger partial charge in [-0.25, -0.2) is 13.1 Å². The third-order valence-corrected chi connectivity index (χ3v) is 6.35. The van der Waals surface area contributed by atoms with E-state index >= 15 is 0 Å². The molecule has 0 fully saturated rings. The second-order valence-corrected chi connectivity index (χ2v) is 8.74. The van der Waals surface area contributed by atoms with Gasteiger partial charge in [0.25, 0.3) is 0 Å². The zero-order chi connectivity index (χ0) is 19.8. The molecule has 0 unspecified atom stereocenters. The van der Waals surface area contributed by atoms with Gasteiger partial charge in [0.15, 0.2) is 0 Å². The minimum atomic E-state index is -3.80. The Hall–Kier alpha value is -2.38. The molecule has 3 aromatic rings. The van der Waals surface area contributed by atoms with Crippen LogP contribution in [0.5, 0.6) is 5.75 Å². The molecule has 3 rings (SSSR count). The summed E-state index contributed by atoms with van der Waals surface area (Å²) >= 11 is 6.07. The molecule has 0 radical (unpaired) electrons. The molecule has 0 N–H and O–H groups in total. The fourth-order valence-electron chi connectivity index (χ4n) is 2.76. The van der Waals surface area contributed by atoms with E-state index in [1.54, 1.807) is 37.3 Å². The molecule has 0 aliphatic rings. The van der Waals surface area contributed by atoms with Crippen molar-refractivity contribution in [1.82, 2.24) is 15.0 Å². The Bertz CT molecular complexity index is 1070. The van der Waals surface area contributed by atoms with Crippen LogP contribution in [0.2, 0.25) is 5.02 Å². The number of benzene rings is 2. The Labute approximate surface area is 163 Å². The van der Waals surface area contributed by atoms with Crippen LogP contribution in [-0.4, -0.2) is 30.5 Å². The summed E-state index contributed by atoms with van der Waals surface area (Å²) in [5.74, 6) is 0.831. The van der Waals surface area contributed by atoms with Crippen molar-refractivity contribution < 1.29 is 13.2 Å². The Kier molecular flexibility index (Phi) is 5.26. The molecule has 1 heterocycles. The standard InChI is InChI=1S/C19H20ClN3O3S/c1-12(2)14-5-8-16(9-6-14)27(24,25)19-13(3)23(22-21-19)17-11-15(20)7-10-18(17)26-4/h5-12H,1-4H3. The van der Waals surface area contributed by atoms with Crippen LogP contribution in [0.15, 0.2) is 52.4 Å². The number of ether oxygens (including phenoxy) is 1. The van der Waals surface area contributed by atoms with E-state index < -0.39 is 9.84 Å². The van der Waals surface area contributed by atoms with Gasteiger partial charge in [0.1, 0.15) is 11.4 Å². The summed E-state index contributed by atoms with van der Waals surface area (Å²) in [5.41, 5.74) is 1.97. The number of aromatic nitrogens is 3. The van der Waals surface area contributed by atoms with Crippen LogP contribution in [-0.2, 0) is 9.84 Å². The van der Waals surface area contributed by atoms with Gasteiger partial charge >= 0.3 is 0 Å². The fourth-order valence-corrected chi connectivity index (χ4v) is 4.27. The van der Waals surface area contributed by atoms with E-state index in [0.29, 0.717) is 28.1 Å². The normalized spacial score (nSPS) is 11.8. The van der Waals surface area contributed by atoms with Crippen LogP contribution in [0, 0.1) is 6.92 Å². The molecule has 8 heteroatoms. The van der Waals surface area contributed by atoms with Gasteiger partial charge in [-0.3, -0.25) is 0 Å². The van der Waals surface area contributed by atoms with Crippen LogP contribution < -0.4 is 4.74 Å². The highest BCUT2D eigenvalue weighted by molar-refractivity contribution is 7.91. The lowest BCUT2D eigenvalue weighted by atomic mass is 10.0. The molecule has 0 aliphatic heterocycles. The molecule has 0 bridgehead atoms. The van der Waals surface area contributed by atoms with Crippen molar-refractivity contribution in [1.29, 1.82) is 0 Å². The molecular weight excluding hydrogens is 386 g/mol. The summed E-state index contributed by atoms with van der Waals surface area (Å²) in [6.07, 6.45) is 0. The van der Waals surface area contributed by atoms with Crippen molar-refractivity contribution in [2.24, 2.45) is 0 Å².